The van der Waals surface area contributed by atoms with Gasteiger partial charge < -0.3 is 10.4 Å². The number of rotatable bonds is 3. The molecule has 0 bridgehead atoms. The normalized spacial score (nSPS) is 25.7. The minimum Gasteiger partial charge on any atom is -0.388 e. The van der Waals surface area contributed by atoms with Crippen LogP contribution < -0.4 is 5.32 Å². The van der Waals surface area contributed by atoms with Crippen LogP contribution in [-0.2, 0) is 0 Å². The summed E-state index contributed by atoms with van der Waals surface area (Å²) in [6, 6.07) is 4.05. The topological polar surface area (TPSA) is 49.3 Å². The van der Waals surface area contributed by atoms with Crippen molar-refractivity contribution in [1.29, 1.82) is 0 Å². The van der Waals surface area contributed by atoms with Crippen LogP contribution in [0.3, 0.4) is 0 Å². The molecule has 1 aromatic carbocycles. The number of nitrogens with one attached hydrogen (secondary N) is 1. The quantitative estimate of drug-likeness (QED) is 0.897. The summed E-state index contributed by atoms with van der Waals surface area (Å²) in [6.45, 7) is 8.48. The van der Waals surface area contributed by atoms with E-state index in [0.29, 0.717) is 12.5 Å². The monoisotopic (exact) mass is 289 g/mol. The van der Waals surface area contributed by atoms with E-state index >= 15 is 0 Å². The Morgan fingerprint density at radius 2 is 1.95 bits per heavy atom. The number of aliphatic hydroxyl groups is 1. The second-order valence-electron chi connectivity index (χ2n) is 6.88. The highest BCUT2D eigenvalue weighted by atomic mass is 16.3. The highest BCUT2D eigenvalue weighted by Crippen LogP contribution is 2.31. The van der Waals surface area contributed by atoms with Crippen LogP contribution in [0.2, 0.25) is 0 Å². The van der Waals surface area contributed by atoms with Crippen molar-refractivity contribution < 1.29 is 9.90 Å². The molecule has 1 saturated carbocycles. The molecule has 0 radical (unpaired) electrons. The molecule has 0 aliphatic heterocycles. The minimum absolute atomic E-state index is 0.0725. The van der Waals surface area contributed by atoms with Gasteiger partial charge in [0.05, 0.1) is 5.60 Å². The fourth-order valence-corrected chi connectivity index (χ4v) is 3.66. The van der Waals surface area contributed by atoms with Crippen LogP contribution in [0, 0.1) is 26.7 Å². The Hall–Kier alpha value is -1.35. The second kappa shape index (κ2) is 6.18. The van der Waals surface area contributed by atoms with Crippen LogP contribution in [0.5, 0.6) is 0 Å². The van der Waals surface area contributed by atoms with Gasteiger partial charge in [-0.3, -0.25) is 4.79 Å². The van der Waals surface area contributed by atoms with Crippen molar-refractivity contribution in [2.45, 2.75) is 59.0 Å². The lowest BCUT2D eigenvalue weighted by atomic mass is 9.79. The first-order chi connectivity index (χ1) is 9.81. The molecule has 0 heterocycles. The van der Waals surface area contributed by atoms with Gasteiger partial charge in [0.15, 0.2) is 0 Å². The fourth-order valence-electron chi connectivity index (χ4n) is 3.66. The van der Waals surface area contributed by atoms with Gasteiger partial charge in [-0.2, -0.15) is 0 Å². The molecule has 21 heavy (non-hydrogen) atoms. The number of carbonyl (C=O) groups is 1. The van der Waals surface area contributed by atoms with E-state index in [9.17, 15) is 9.90 Å². The zero-order valence-corrected chi connectivity index (χ0v) is 13.6. The van der Waals surface area contributed by atoms with Gasteiger partial charge in [-0.15, -0.1) is 0 Å². The Bertz CT molecular complexity index is 515. The number of amides is 1. The Kier molecular flexibility index (Phi) is 4.72. The van der Waals surface area contributed by atoms with E-state index in [-0.39, 0.29) is 5.91 Å². The number of hydrogen-bond acceptors (Lipinski definition) is 2. The van der Waals surface area contributed by atoms with Gasteiger partial charge >= 0.3 is 0 Å². The lowest BCUT2D eigenvalue weighted by Crippen LogP contribution is -2.46. The zero-order valence-electron chi connectivity index (χ0n) is 13.6. The van der Waals surface area contributed by atoms with Gasteiger partial charge in [-0.05, 0) is 50.7 Å². The van der Waals surface area contributed by atoms with Gasteiger partial charge in [0.2, 0.25) is 0 Å². The van der Waals surface area contributed by atoms with Crippen LogP contribution >= 0.6 is 0 Å². The van der Waals surface area contributed by atoms with Crippen molar-refractivity contribution >= 4 is 5.91 Å². The van der Waals surface area contributed by atoms with Gasteiger partial charge in [0.25, 0.3) is 5.91 Å². The van der Waals surface area contributed by atoms with E-state index < -0.39 is 5.60 Å². The third kappa shape index (κ3) is 3.85. The maximum absolute atomic E-state index is 12.4. The molecule has 0 saturated heterocycles. The Balaban J connectivity index is 2.05. The summed E-state index contributed by atoms with van der Waals surface area (Å²) in [7, 11) is 0. The summed E-state index contributed by atoms with van der Waals surface area (Å²) < 4.78 is 0. The molecule has 1 aliphatic carbocycles. The molecule has 2 atom stereocenters. The molecule has 2 N–H and O–H groups in total. The third-order valence-corrected chi connectivity index (χ3v) is 4.55. The average molecular weight is 289 g/mol. The smallest absolute Gasteiger partial charge is 0.251 e. The van der Waals surface area contributed by atoms with Crippen molar-refractivity contribution in [3.63, 3.8) is 0 Å². The van der Waals surface area contributed by atoms with Gasteiger partial charge in [0.1, 0.15) is 0 Å². The van der Waals surface area contributed by atoms with E-state index in [2.05, 4.69) is 12.2 Å². The molecule has 1 aromatic rings. The summed E-state index contributed by atoms with van der Waals surface area (Å²) in [5.41, 5.74) is 3.16. The molecular weight excluding hydrogens is 262 g/mol. The molecule has 3 heteroatoms. The van der Waals surface area contributed by atoms with Crippen LogP contribution in [-0.4, -0.2) is 23.2 Å². The van der Waals surface area contributed by atoms with E-state index in [0.717, 1.165) is 36.0 Å². The summed E-state index contributed by atoms with van der Waals surface area (Å²) in [5.74, 6) is 0.458. The molecule has 0 aromatic heterocycles. The number of hydrogen-bond donors (Lipinski definition) is 2. The second-order valence-corrected chi connectivity index (χ2v) is 6.88. The SMILES string of the molecule is Cc1cc(C)c(C(=O)NCC2(O)CCCC(C)C2)c(C)c1. The van der Waals surface area contributed by atoms with Gasteiger partial charge in [0, 0.05) is 12.1 Å². The van der Waals surface area contributed by atoms with Crippen molar-refractivity contribution in [3.05, 3.63) is 34.4 Å². The predicted molar refractivity (Wildman–Crippen MR) is 85.6 cm³/mol. The number of carbonyl (C=O) groups excluding carboxylic acids is 1. The number of aryl methyl sites for hydroxylation is 3. The van der Waals surface area contributed by atoms with Gasteiger partial charge in [-0.25, -0.2) is 0 Å². The molecule has 1 fully saturated rings. The maximum Gasteiger partial charge on any atom is 0.251 e. The zero-order chi connectivity index (χ0) is 15.6. The van der Waals surface area contributed by atoms with Crippen molar-refractivity contribution in [2.24, 2.45) is 5.92 Å². The molecular formula is C18H27NO2. The summed E-state index contributed by atoms with van der Waals surface area (Å²) in [5, 5.41) is 13.5. The first-order valence-corrected chi connectivity index (χ1v) is 7.89. The molecule has 2 rings (SSSR count). The highest BCUT2D eigenvalue weighted by molar-refractivity contribution is 5.97. The van der Waals surface area contributed by atoms with E-state index in [1.807, 2.05) is 32.9 Å². The standard InChI is InChI=1S/C18H27NO2/c1-12-6-5-7-18(21,10-12)11-19-17(20)16-14(3)8-13(2)9-15(16)4/h8-9,12,21H,5-7,10-11H2,1-4H3,(H,19,20). The first-order valence-electron chi connectivity index (χ1n) is 7.89. The molecule has 1 amide bonds. The van der Waals surface area contributed by atoms with Crippen LogP contribution in [0.1, 0.15) is 59.7 Å². The van der Waals surface area contributed by atoms with E-state index in [1.54, 1.807) is 0 Å². The largest absolute Gasteiger partial charge is 0.388 e. The fraction of sp³-hybridized carbons (Fsp3) is 0.611. The van der Waals surface area contributed by atoms with Gasteiger partial charge in [-0.1, -0.05) is 37.5 Å². The molecule has 0 spiro atoms. The molecule has 2 unspecified atom stereocenters. The van der Waals surface area contributed by atoms with Crippen LogP contribution in [0.15, 0.2) is 12.1 Å². The average Bonchev–Trinajstić information content (AvgIpc) is 2.35. The first kappa shape index (κ1) is 16.0. The highest BCUT2D eigenvalue weighted by Gasteiger charge is 2.33. The Morgan fingerprint density at radius 1 is 1.33 bits per heavy atom. The molecule has 1 aliphatic rings. The van der Waals surface area contributed by atoms with E-state index in [4.69, 9.17) is 0 Å². The third-order valence-electron chi connectivity index (χ3n) is 4.55. The maximum atomic E-state index is 12.4. The van der Waals surface area contributed by atoms with Crippen molar-refractivity contribution in [2.75, 3.05) is 6.54 Å². The minimum atomic E-state index is -0.736. The van der Waals surface area contributed by atoms with Crippen molar-refractivity contribution in [3.8, 4) is 0 Å². The predicted octanol–water partition coefficient (Wildman–Crippen LogP) is 3.28. The van der Waals surface area contributed by atoms with E-state index in [1.165, 1.54) is 12.0 Å². The molecule has 3 nitrogen and oxygen atoms in total. The summed E-state index contributed by atoms with van der Waals surface area (Å²) in [4.78, 5) is 12.4. The lowest BCUT2D eigenvalue weighted by molar-refractivity contribution is -0.0109. The Labute approximate surface area is 127 Å². The van der Waals surface area contributed by atoms with Crippen molar-refractivity contribution in [1.82, 2.24) is 5.32 Å². The summed E-state index contributed by atoms with van der Waals surface area (Å²) >= 11 is 0. The number of benzene rings is 1. The Morgan fingerprint density at radius 3 is 2.52 bits per heavy atom. The molecule has 116 valence electrons. The summed E-state index contributed by atoms with van der Waals surface area (Å²) in [6.07, 6.45) is 3.77. The van der Waals surface area contributed by atoms with Crippen LogP contribution in [0.25, 0.3) is 0 Å². The lowest BCUT2D eigenvalue weighted by Gasteiger charge is -2.35. The van der Waals surface area contributed by atoms with Crippen LogP contribution in [0.4, 0.5) is 0 Å².